The van der Waals surface area contributed by atoms with Crippen LogP contribution in [0.15, 0.2) is 6.20 Å². The second kappa shape index (κ2) is 5.37. The monoisotopic (exact) mass is 326 g/mol. The van der Waals surface area contributed by atoms with Crippen LogP contribution >= 0.6 is 12.2 Å². The molecule has 0 radical (unpaired) electrons. The maximum Gasteiger partial charge on any atom is 0.171 e. The Bertz CT molecular complexity index is 737. The lowest BCUT2D eigenvalue weighted by atomic mass is 10.1. The van der Waals surface area contributed by atoms with Gasteiger partial charge in [-0.3, -0.25) is 0 Å². The molecule has 0 bridgehead atoms. The third-order valence-electron chi connectivity index (χ3n) is 3.61. The number of thiocarbonyl (C=S) groups is 1. The Labute approximate surface area is 129 Å². The maximum absolute atomic E-state index is 10.1. The summed E-state index contributed by atoms with van der Waals surface area (Å²) in [6, 6.07) is 0. The number of anilines is 1. The van der Waals surface area contributed by atoms with Gasteiger partial charge in [-0.15, -0.1) is 10.2 Å². The van der Waals surface area contributed by atoms with Crippen molar-refractivity contribution in [2.45, 2.75) is 24.5 Å². The summed E-state index contributed by atoms with van der Waals surface area (Å²) in [5, 5.41) is 40.6. The highest BCUT2D eigenvalue weighted by molar-refractivity contribution is 7.80. The number of nitrogens with zero attached hydrogens (tertiary/aromatic N) is 4. The van der Waals surface area contributed by atoms with Crippen LogP contribution in [0, 0.1) is 0 Å². The molecule has 3 heterocycles. The normalized spacial score (nSPS) is 28.3. The van der Waals surface area contributed by atoms with Gasteiger partial charge in [0.2, 0.25) is 0 Å². The van der Waals surface area contributed by atoms with E-state index in [1.807, 2.05) is 0 Å². The minimum atomic E-state index is -1.27. The first kappa shape index (κ1) is 15.0. The largest absolute Gasteiger partial charge is 0.394 e. The molecule has 2 aromatic rings. The molecular formula is C11H14N6O4S. The first-order chi connectivity index (χ1) is 10.5. The van der Waals surface area contributed by atoms with E-state index in [4.69, 9.17) is 33.5 Å². The van der Waals surface area contributed by atoms with E-state index in [0.717, 1.165) is 0 Å². The molecule has 7 N–H and O–H groups in total. The highest BCUT2D eigenvalue weighted by atomic mass is 32.1. The van der Waals surface area contributed by atoms with E-state index in [-0.39, 0.29) is 16.5 Å². The van der Waals surface area contributed by atoms with Crippen molar-refractivity contribution >= 4 is 34.1 Å². The Balaban J connectivity index is 2.16. The fourth-order valence-electron chi connectivity index (χ4n) is 2.52. The van der Waals surface area contributed by atoms with Crippen LogP contribution < -0.4 is 11.5 Å². The van der Waals surface area contributed by atoms with Crippen molar-refractivity contribution in [2.75, 3.05) is 12.3 Å². The Kier molecular flexibility index (Phi) is 3.66. The Morgan fingerprint density at radius 3 is 2.68 bits per heavy atom. The summed E-state index contributed by atoms with van der Waals surface area (Å²) in [5.41, 5.74) is 12.1. The van der Waals surface area contributed by atoms with Gasteiger partial charge in [-0.2, -0.15) is 0 Å². The van der Waals surface area contributed by atoms with Crippen LogP contribution in [-0.2, 0) is 4.74 Å². The molecule has 0 aliphatic carbocycles. The smallest absolute Gasteiger partial charge is 0.171 e. The molecular weight excluding hydrogens is 312 g/mol. The van der Waals surface area contributed by atoms with Gasteiger partial charge < -0.3 is 36.1 Å². The number of hydrogen-bond acceptors (Lipinski definition) is 9. The van der Waals surface area contributed by atoms with Gasteiger partial charge in [0.25, 0.3) is 0 Å². The molecule has 0 spiro atoms. The average molecular weight is 326 g/mol. The topological polar surface area (TPSA) is 166 Å². The standard InChI is InChI=1S/C11H14N6O4S/c12-8-5-3(9(13)22)1-17(10(5)15-16-14-8)11-7(20)6(19)4(2-18)21-11/h1,4,6-7,11,18-20H,2H2,(H2,13,22)(H2,12,14,15)/t4-,6-,7-,11-/m1/s1. The van der Waals surface area contributed by atoms with E-state index in [9.17, 15) is 10.2 Å². The van der Waals surface area contributed by atoms with E-state index in [0.29, 0.717) is 10.9 Å². The quantitative estimate of drug-likeness (QED) is 0.385. The van der Waals surface area contributed by atoms with Gasteiger partial charge in [0.15, 0.2) is 17.7 Å². The predicted octanol–water partition coefficient (Wildman–Crippen LogP) is -2.35. The van der Waals surface area contributed by atoms with Crippen molar-refractivity contribution in [1.29, 1.82) is 0 Å². The molecule has 11 heteroatoms. The molecule has 10 nitrogen and oxygen atoms in total. The van der Waals surface area contributed by atoms with Crippen LogP contribution in [0.3, 0.4) is 0 Å². The number of nitrogen functional groups attached to an aromatic ring is 1. The zero-order valence-electron chi connectivity index (χ0n) is 11.2. The number of nitrogens with two attached hydrogens (primary N) is 2. The average Bonchev–Trinajstić information content (AvgIpc) is 3.00. The fourth-order valence-corrected chi connectivity index (χ4v) is 2.68. The van der Waals surface area contributed by atoms with Gasteiger partial charge in [0.05, 0.1) is 12.0 Å². The second-order valence-corrected chi connectivity index (χ2v) is 5.36. The van der Waals surface area contributed by atoms with Gasteiger partial charge >= 0.3 is 0 Å². The fraction of sp³-hybridized carbons (Fsp3) is 0.455. The van der Waals surface area contributed by atoms with E-state index < -0.39 is 31.1 Å². The lowest BCUT2D eigenvalue weighted by molar-refractivity contribution is -0.0509. The summed E-state index contributed by atoms with van der Waals surface area (Å²) in [6.45, 7) is -0.439. The molecule has 22 heavy (non-hydrogen) atoms. The van der Waals surface area contributed by atoms with E-state index in [1.54, 1.807) is 0 Å². The van der Waals surface area contributed by atoms with Crippen LogP contribution in [0.5, 0.6) is 0 Å². The molecule has 3 rings (SSSR count). The molecule has 0 saturated carbocycles. The third kappa shape index (κ3) is 2.10. The van der Waals surface area contributed by atoms with E-state index in [2.05, 4.69) is 15.4 Å². The minimum absolute atomic E-state index is 0.0667. The van der Waals surface area contributed by atoms with E-state index in [1.165, 1.54) is 10.8 Å². The Morgan fingerprint density at radius 1 is 1.36 bits per heavy atom. The van der Waals surface area contributed by atoms with Gasteiger partial charge in [0, 0.05) is 11.8 Å². The molecule has 1 aliphatic heterocycles. The molecule has 1 aliphatic rings. The second-order valence-electron chi connectivity index (χ2n) is 4.92. The van der Waals surface area contributed by atoms with Crippen LogP contribution in [0.2, 0.25) is 0 Å². The SMILES string of the molecule is NC(=S)c1cn([C@@H]2O[C@H](CO)[C@@H](O)[C@H]2O)c2nnnc(N)c12. The number of rotatable bonds is 3. The highest BCUT2D eigenvalue weighted by Crippen LogP contribution is 2.34. The number of aliphatic hydroxyl groups excluding tert-OH is 3. The van der Waals surface area contributed by atoms with Crippen LogP contribution in [0.4, 0.5) is 5.82 Å². The zero-order chi connectivity index (χ0) is 16.0. The van der Waals surface area contributed by atoms with Gasteiger partial charge in [-0.05, 0) is 5.21 Å². The summed E-state index contributed by atoms with van der Waals surface area (Å²) in [4.78, 5) is 0.0667. The van der Waals surface area contributed by atoms with Crippen molar-refractivity contribution in [3.63, 3.8) is 0 Å². The molecule has 1 fully saturated rings. The zero-order valence-corrected chi connectivity index (χ0v) is 12.0. The molecule has 0 unspecified atom stereocenters. The number of hydrogen-bond donors (Lipinski definition) is 5. The van der Waals surface area contributed by atoms with Crippen LogP contribution in [-0.4, -0.2) is 65.2 Å². The van der Waals surface area contributed by atoms with Gasteiger partial charge in [0.1, 0.15) is 23.3 Å². The number of aliphatic hydroxyl groups is 3. The van der Waals surface area contributed by atoms with Crippen molar-refractivity contribution in [2.24, 2.45) is 5.73 Å². The van der Waals surface area contributed by atoms with Crippen molar-refractivity contribution in [1.82, 2.24) is 20.0 Å². The molecule has 2 aromatic heterocycles. The Hall–Kier alpha value is -1.92. The maximum atomic E-state index is 10.1. The molecule has 4 atom stereocenters. The lowest BCUT2D eigenvalue weighted by Crippen LogP contribution is -2.33. The molecule has 0 amide bonds. The number of aromatic nitrogens is 4. The predicted molar refractivity (Wildman–Crippen MR) is 78.6 cm³/mol. The summed E-state index contributed by atoms with van der Waals surface area (Å²) in [7, 11) is 0. The molecule has 1 saturated heterocycles. The third-order valence-corrected chi connectivity index (χ3v) is 3.83. The number of ether oxygens (including phenoxy) is 1. The summed E-state index contributed by atoms with van der Waals surface area (Å²) >= 11 is 4.98. The summed E-state index contributed by atoms with van der Waals surface area (Å²) < 4.78 is 6.88. The van der Waals surface area contributed by atoms with Crippen molar-refractivity contribution in [3.8, 4) is 0 Å². The first-order valence-corrected chi connectivity index (χ1v) is 6.78. The van der Waals surface area contributed by atoms with Crippen LogP contribution in [0.25, 0.3) is 11.0 Å². The lowest BCUT2D eigenvalue weighted by Gasteiger charge is -2.16. The van der Waals surface area contributed by atoms with Crippen molar-refractivity contribution < 1.29 is 20.1 Å². The van der Waals surface area contributed by atoms with Gasteiger partial charge in [-0.1, -0.05) is 12.2 Å². The molecule has 0 aromatic carbocycles. The number of fused-ring (bicyclic) bond motifs is 1. The molecule has 118 valence electrons. The van der Waals surface area contributed by atoms with E-state index >= 15 is 0 Å². The summed E-state index contributed by atoms with van der Waals surface area (Å²) in [5.74, 6) is 0.0818. The summed E-state index contributed by atoms with van der Waals surface area (Å²) in [6.07, 6.45) is -2.93. The first-order valence-electron chi connectivity index (χ1n) is 6.37. The van der Waals surface area contributed by atoms with Crippen molar-refractivity contribution in [3.05, 3.63) is 11.8 Å². The minimum Gasteiger partial charge on any atom is -0.394 e. The highest BCUT2D eigenvalue weighted by Gasteiger charge is 2.44. The van der Waals surface area contributed by atoms with Crippen LogP contribution in [0.1, 0.15) is 11.8 Å². The Morgan fingerprint density at radius 2 is 2.09 bits per heavy atom. The van der Waals surface area contributed by atoms with Gasteiger partial charge in [-0.25, -0.2) is 0 Å².